The fourth-order valence-corrected chi connectivity index (χ4v) is 3.96. The summed E-state index contributed by atoms with van der Waals surface area (Å²) in [6.07, 6.45) is 1.92. The summed E-state index contributed by atoms with van der Waals surface area (Å²) >= 11 is 12.2. The van der Waals surface area contributed by atoms with Crippen LogP contribution in [0.25, 0.3) is 11.0 Å². The molecule has 0 fully saturated rings. The van der Waals surface area contributed by atoms with Crippen LogP contribution in [0.4, 0.5) is 0 Å². The minimum atomic E-state index is 0.329. The summed E-state index contributed by atoms with van der Waals surface area (Å²) < 4.78 is 14.1. The highest BCUT2D eigenvalue weighted by Crippen LogP contribution is 2.28. The molecule has 0 aliphatic rings. The van der Waals surface area contributed by atoms with E-state index >= 15 is 0 Å². The molecule has 0 aliphatic heterocycles. The number of ether oxygens (including phenoxy) is 2. The molecule has 0 aliphatic carbocycles. The molecule has 0 bridgehead atoms. The third-order valence-corrected chi connectivity index (χ3v) is 5.64. The van der Waals surface area contributed by atoms with Gasteiger partial charge in [0, 0.05) is 11.6 Å². The Balaban J connectivity index is 1.40. The Bertz CT molecular complexity index is 1170. The molecule has 4 aromatic rings. The van der Waals surface area contributed by atoms with Crippen molar-refractivity contribution in [2.45, 2.75) is 32.9 Å². The highest BCUT2D eigenvalue weighted by molar-refractivity contribution is 6.35. The van der Waals surface area contributed by atoms with E-state index in [1.165, 1.54) is 0 Å². The Hall–Kier alpha value is -2.69. The molecule has 0 saturated carbocycles. The molecule has 0 radical (unpaired) electrons. The van der Waals surface area contributed by atoms with Crippen molar-refractivity contribution in [2.75, 3.05) is 6.61 Å². The van der Waals surface area contributed by atoms with Crippen molar-refractivity contribution >= 4 is 34.2 Å². The number of aromatic nitrogens is 2. The lowest BCUT2D eigenvalue weighted by Gasteiger charge is -2.12. The van der Waals surface area contributed by atoms with Crippen molar-refractivity contribution in [3.63, 3.8) is 0 Å². The molecule has 0 atom stereocenters. The van der Waals surface area contributed by atoms with Crippen LogP contribution >= 0.6 is 23.2 Å². The van der Waals surface area contributed by atoms with Crippen LogP contribution in [0.15, 0.2) is 66.7 Å². The Morgan fingerprint density at radius 1 is 0.871 bits per heavy atom. The van der Waals surface area contributed by atoms with E-state index in [0.29, 0.717) is 29.0 Å². The van der Waals surface area contributed by atoms with Gasteiger partial charge in [-0.1, -0.05) is 53.5 Å². The van der Waals surface area contributed by atoms with Gasteiger partial charge in [0.1, 0.15) is 23.9 Å². The molecule has 0 spiro atoms. The number of halogens is 2. The van der Waals surface area contributed by atoms with Crippen molar-refractivity contribution in [3.05, 3.63) is 88.2 Å². The third kappa shape index (κ3) is 5.33. The number of imidazole rings is 1. The van der Waals surface area contributed by atoms with Crippen molar-refractivity contribution in [1.82, 2.24) is 9.55 Å². The van der Waals surface area contributed by atoms with E-state index in [9.17, 15) is 0 Å². The second-order valence-corrected chi connectivity index (χ2v) is 8.20. The largest absolute Gasteiger partial charge is 0.493 e. The van der Waals surface area contributed by atoms with Gasteiger partial charge < -0.3 is 14.0 Å². The molecule has 0 unspecified atom stereocenters. The second-order valence-electron chi connectivity index (χ2n) is 7.35. The number of para-hydroxylation sites is 3. The average Bonchev–Trinajstić information content (AvgIpc) is 3.11. The van der Waals surface area contributed by atoms with Crippen molar-refractivity contribution < 1.29 is 9.47 Å². The van der Waals surface area contributed by atoms with E-state index in [2.05, 4.69) is 23.6 Å². The SMILES string of the molecule is Cc1ccccc1OCCCCn1c(COc2ccc(Cl)cc2Cl)nc2ccccc21. The summed E-state index contributed by atoms with van der Waals surface area (Å²) in [4.78, 5) is 4.77. The predicted molar refractivity (Wildman–Crippen MR) is 126 cm³/mol. The van der Waals surface area contributed by atoms with Gasteiger partial charge in [0.2, 0.25) is 0 Å². The van der Waals surface area contributed by atoms with Crippen LogP contribution in [0.5, 0.6) is 11.5 Å². The maximum absolute atomic E-state index is 6.24. The topological polar surface area (TPSA) is 36.3 Å². The van der Waals surface area contributed by atoms with Gasteiger partial charge in [-0.15, -0.1) is 0 Å². The van der Waals surface area contributed by atoms with Crippen LogP contribution in [0.1, 0.15) is 24.2 Å². The van der Waals surface area contributed by atoms with Gasteiger partial charge in [-0.05, 0) is 61.7 Å². The summed E-state index contributed by atoms with van der Waals surface area (Å²) in [5.74, 6) is 2.41. The highest BCUT2D eigenvalue weighted by Gasteiger charge is 2.12. The van der Waals surface area contributed by atoms with E-state index in [4.69, 9.17) is 37.7 Å². The number of benzene rings is 3. The van der Waals surface area contributed by atoms with E-state index in [1.807, 2.05) is 36.4 Å². The Morgan fingerprint density at radius 3 is 2.52 bits per heavy atom. The molecule has 0 amide bonds. The van der Waals surface area contributed by atoms with Crippen molar-refractivity contribution in [1.29, 1.82) is 0 Å². The maximum Gasteiger partial charge on any atom is 0.147 e. The first-order valence-electron chi connectivity index (χ1n) is 10.3. The van der Waals surface area contributed by atoms with Crippen molar-refractivity contribution in [2.24, 2.45) is 0 Å². The van der Waals surface area contributed by atoms with Gasteiger partial charge in [0.15, 0.2) is 0 Å². The second kappa shape index (κ2) is 10.1. The molecular formula is C25H24Cl2N2O2. The first-order chi connectivity index (χ1) is 15.1. The van der Waals surface area contributed by atoms with E-state index in [1.54, 1.807) is 18.2 Å². The standard InChI is InChI=1S/C25H24Cl2N2O2/c1-18-8-2-5-11-23(18)30-15-7-6-14-29-22-10-4-3-9-21(22)28-25(29)17-31-24-13-12-19(26)16-20(24)27/h2-5,8-13,16H,6-7,14-15,17H2,1H3. The Morgan fingerprint density at radius 2 is 1.68 bits per heavy atom. The lowest BCUT2D eigenvalue weighted by Crippen LogP contribution is -2.09. The maximum atomic E-state index is 6.24. The molecular weight excluding hydrogens is 431 g/mol. The van der Waals surface area contributed by atoms with Crippen LogP contribution in [0, 0.1) is 6.92 Å². The molecule has 6 heteroatoms. The Kier molecular flexibility index (Phi) is 7.00. The fraction of sp³-hybridized carbons (Fsp3) is 0.240. The van der Waals surface area contributed by atoms with Gasteiger partial charge in [-0.25, -0.2) is 4.98 Å². The van der Waals surface area contributed by atoms with Crippen LogP contribution in [0.3, 0.4) is 0 Å². The summed E-state index contributed by atoms with van der Waals surface area (Å²) in [5, 5.41) is 1.07. The molecule has 31 heavy (non-hydrogen) atoms. The third-order valence-electron chi connectivity index (χ3n) is 5.11. The Labute approximate surface area is 192 Å². The lowest BCUT2D eigenvalue weighted by molar-refractivity contribution is 0.285. The normalized spacial score (nSPS) is 11.1. The predicted octanol–water partition coefficient (Wildman–Crippen LogP) is 7.09. The number of aryl methyl sites for hydroxylation is 2. The number of unbranched alkanes of at least 4 members (excludes halogenated alkanes) is 1. The molecule has 4 rings (SSSR count). The molecule has 1 heterocycles. The van der Waals surface area contributed by atoms with Crippen LogP contribution < -0.4 is 9.47 Å². The molecule has 1 aromatic heterocycles. The zero-order chi connectivity index (χ0) is 21.6. The lowest BCUT2D eigenvalue weighted by atomic mass is 10.2. The van der Waals surface area contributed by atoms with Gasteiger partial charge in [-0.3, -0.25) is 0 Å². The number of hydrogen-bond acceptors (Lipinski definition) is 3. The van der Waals surface area contributed by atoms with Gasteiger partial charge in [0.25, 0.3) is 0 Å². The van der Waals surface area contributed by atoms with Crippen LogP contribution in [0.2, 0.25) is 10.0 Å². The highest BCUT2D eigenvalue weighted by atomic mass is 35.5. The molecule has 0 N–H and O–H groups in total. The first kappa shape index (κ1) is 21.5. The zero-order valence-electron chi connectivity index (χ0n) is 17.4. The first-order valence-corrected chi connectivity index (χ1v) is 11.1. The number of rotatable bonds is 9. The number of nitrogens with zero attached hydrogens (tertiary/aromatic N) is 2. The summed E-state index contributed by atoms with van der Waals surface area (Å²) in [6.45, 7) is 3.91. The minimum Gasteiger partial charge on any atom is -0.493 e. The van der Waals surface area contributed by atoms with Gasteiger partial charge in [-0.2, -0.15) is 0 Å². The van der Waals surface area contributed by atoms with E-state index in [-0.39, 0.29) is 0 Å². The van der Waals surface area contributed by atoms with Crippen molar-refractivity contribution in [3.8, 4) is 11.5 Å². The average molecular weight is 455 g/mol. The molecule has 4 nitrogen and oxygen atoms in total. The van der Waals surface area contributed by atoms with Gasteiger partial charge in [0.05, 0.1) is 22.7 Å². The molecule has 160 valence electrons. The van der Waals surface area contributed by atoms with Crippen LogP contribution in [-0.4, -0.2) is 16.2 Å². The summed E-state index contributed by atoms with van der Waals surface area (Å²) in [7, 11) is 0. The minimum absolute atomic E-state index is 0.329. The summed E-state index contributed by atoms with van der Waals surface area (Å²) in [6, 6.07) is 21.4. The van der Waals surface area contributed by atoms with E-state index < -0.39 is 0 Å². The smallest absolute Gasteiger partial charge is 0.147 e. The number of hydrogen-bond donors (Lipinski definition) is 0. The molecule has 0 saturated heterocycles. The fourth-order valence-electron chi connectivity index (χ4n) is 3.49. The molecule has 3 aromatic carbocycles. The monoisotopic (exact) mass is 454 g/mol. The zero-order valence-corrected chi connectivity index (χ0v) is 18.9. The number of fused-ring (bicyclic) bond motifs is 1. The van der Waals surface area contributed by atoms with Gasteiger partial charge >= 0.3 is 0 Å². The summed E-state index contributed by atoms with van der Waals surface area (Å²) in [5.41, 5.74) is 3.21. The quantitative estimate of drug-likeness (QED) is 0.253. The van der Waals surface area contributed by atoms with Crippen LogP contribution in [-0.2, 0) is 13.2 Å². The van der Waals surface area contributed by atoms with E-state index in [0.717, 1.165) is 47.6 Å².